The summed E-state index contributed by atoms with van der Waals surface area (Å²) in [5.41, 5.74) is 0.684. The number of aromatic nitrogens is 3. The third kappa shape index (κ3) is 5.26. The molecule has 0 bridgehead atoms. The topological polar surface area (TPSA) is 34.0 Å². The van der Waals surface area contributed by atoms with E-state index in [4.69, 9.17) is 0 Å². The first-order valence-corrected chi connectivity index (χ1v) is 9.30. The maximum absolute atomic E-state index is 13.7. The van der Waals surface area contributed by atoms with Gasteiger partial charge in [-0.25, -0.2) is 8.78 Å². The lowest BCUT2D eigenvalue weighted by Gasteiger charge is -2.07. The molecule has 4 nitrogen and oxygen atoms in total. The fraction of sp³-hybridized carbons (Fsp3) is 0.429. The Balaban J connectivity index is 1.81. The molecule has 1 heterocycles. The highest BCUT2D eigenvalue weighted by Crippen LogP contribution is 2.23. The maximum Gasteiger partial charge on any atom is 0.135 e. The van der Waals surface area contributed by atoms with Crippen molar-refractivity contribution in [2.75, 3.05) is 32.1 Å². The standard InChI is InChI=1S/C14H18F2N4S2/c1-19(2)5-7-21-22-8-6-20-10-14(17-18-20)12-4-3-11(15)9-13(12)16/h3-4,9-10H,5-8H2,1-2H3. The Bertz CT molecular complexity index is 604. The molecule has 0 amide bonds. The monoisotopic (exact) mass is 344 g/mol. The average molecular weight is 344 g/mol. The van der Waals surface area contributed by atoms with Crippen molar-refractivity contribution in [2.45, 2.75) is 6.54 Å². The van der Waals surface area contributed by atoms with Gasteiger partial charge in [-0.2, -0.15) is 0 Å². The fourth-order valence-corrected chi connectivity index (χ4v) is 3.79. The lowest BCUT2D eigenvalue weighted by atomic mass is 10.1. The van der Waals surface area contributed by atoms with Crippen LogP contribution >= 0.6 is 21.6 Å². The molecule has 0 aliphatic heterocycles. The average Bonchev–Trinajstić information content (AvgIpc) is 2.91. The Morgan fingerprint density at radius 1 is 1.18 bits per heavy atom. The minimum absolute atomic E-state index is 0.265. The smallest absolute Gasteiger partial charge is 0.135 e. The van der Waals surface area contributed by atoms with Gasteiger partial charge in [-0.05, 0) is 26.2 Å². The molecule has 2 aromatic rings. The summed E-state index contributed by atoms with van der Waals surface area (Å²) < 4.78 is 28.2. The Morgan fingerprint density at radius 2 is 1.95 bits per heavy atom. The van der Waals surface area contributed by atoms with Crippen molar-refractivity contribution in [2.24, 2.45) is 0 Å². The van der Waals surface area contributed by atoms with Crippen molar-refractivity contribution in [1.82, 2.24) is 19.9 Å². The molecule has 22 heavy (non-hydrogen) atoms. The normalized spacial score (nSPS) is 11.3. The molecule has 0 radical (unpaired) electrons. The van der Waals surface area contributed by atoms with E-state index in [1.807, 2.05) is 10.8 Å². The molecule has 0 N–H and O–H groups in total. The largest absolute Gasteiger partial charge is 0.309 e. The van der Waals surface area contributed by atoms with Gasteiger partial charge in [-0.3, -0.25) is 4.68 Å². The Morgan fingerprint density at radius 3 is 2.68 bits per heavy atom. The molecule has 1 aromatic heterocycles. The van der Waals surface area contributed by atoms with E-state index in [2.05, 4.69) is 29.3 Å². The molecule has 0 aliphatic carbocycles. The van der Waals surface area contributed by atoms with E-state index in [0.29, 0.717) is 12.2 Å². The second-order valence-electron chi connectivity index (χ2n) is 4.94. The van der Waals surface area contributed by atoms with Gasteiger partial charge in [0.1, 0.15) is 17.3 Å². The van der Waals surface area contributed by atoms with Crippen LogP contribution in [0.4, 0.5) is 8.78 Å². The van der Waals surface area contributed by atoms with Crippen molar-refractivity contribution in [3.63, 3.8) is 0 Å². The summed E-state index contributed by atoms with van der Waals surface area (Å²) in [5, 5.41) is 7.92. The van der Waals surface area contributed by atoms with Crippen molar-refractivity contribution in [3.8, 4) is 11.3 Å². The van der Waals surface area contributed by atoms with Crippen LogP contribution in [-0.4, -0.2) is 52.0 Å². The van der Waals surface area contributed by atoms with Gasteiger partial charge in [0.25, 0.3) is 0 Å². The Hall–Kier alpha value is -1.12. The highest BCUT2D eigenvalue weighted by atomic mass is 33.1. The zero-order valence-electron chi connectivity index (χ0n) is 12.5. The maximum atomic E-state index is 13.7. The molecular weight excluding hydrogens is 326 g/mol. The molecule has 0 atom stereocenters. The van der Waals surface area contributed by atoms with Crippen LogP contribution in [0.2, 0.25) is 0 Å². The summed E-state index contributed by atoms with van der Waals surface area (Å²) in [5.74, 6) is 0.744. The van der Waals surface area contributed by atoms with Crippen molar-refractivity contribution in [1.29, 1.82) is 0 Å². The zero-order valence-corrected chi connectivity index (χ0v) is 14.1. The van der Waals surface area contributed by atoms with Gasteiger partial charge in [0.05, 0.1) is 12.7 Å². The fourth-order valence-electron chi connectivity index (χ4n) is 1.70. The van der Waals surface area contributed by atoms with Gasteiger partial charge < -0.3 is 4.90 Å². The zero-order chi connectivity index (χ0) is 15.9. The summed E-state index contributed by atoms with van der Waals surface area (Å²) in [6.45, 7) is 1.75. The molecule has 2 rings (SSSR count). The number of aryl methyl sites for hydroxylation is 1. The van der Waals surface area contributed by atoms with Crippen molar-refractivity contribution >= 4 is 21.6 Å². The van der Waals surface area contributed by atoms with Crippen LogP contribution in [0.3, 0.4) is 0 Å². The molecule has 1 aromatic carbocycles. The van der Waals surface area contributed by atoms with Gasteiger partial charge in [0.15, 0.2) is 0 Å². The highest BCUT2D eigenvalue weighted by molar-refractivity contribution is 8.76. The van der Waals surface area contributed by atoms with E-state index >= 15 is 0 Å². The van der Waals surface area contributed by atoms with Crippen molar-refractivity contribution in [3.05, 3.63) is 36.0 Å². The van der Waals surface area contributed by atoms with E-state index in [1.165, 1.54) is 12.1 Å². The molecule has 0 saturated carbocycles. The van der Waals surface area contributed by atoms with Gasteiger partial charge in [0.2, 0.25) is 0 Å². The van der Waals surface area contributed by atoms with Crippen LogP contribution in [0.1, 0.15) is 0 Å². The van der Waals surface area contributed by atoms with Crippen molar-refractivity contribution < 1.29 is 8.78 Å². The lowest BCUT2D eigenvalue weighted by Crippen LogP contribution is -2.14. The van der Waals surface area contributed by atoms with Gasteiger partial charge in [0, 0.05) is 29.7 Å². The van der Waals surface area contributed by atoms with Crippen LogP contribution in [0.5, 0.6) is 0 Å². The van der Waals surface area contributed by atoms with Crippen LogP contribution in [-0.2, 0) is 6.54 Å². The number of hydrogen-bond donors (Lipinski definition) is 0. The summed E-state index contributed by atoms with van der Waals surface area (Å²) >= 11 is 0. The molecular formula is C14H18F2N4S2. The predicted molar refractivity (Wildman–Crippen MR) is 88.8 cm³/mol. The SMILES string of the molecule is CN(C)CCSSCCn1cc(-c2ccc(F)cc2F)nn1. The quantitative estimate of drug-likeness (QED) is 0.543. The van der Waals surface area contributed by atoms with Crippen LogP contribution in [0.25, 0.3) is 11.3 Å². The van der Waals surface area contributed by atoms with E-state index in [-0.39, 0.29) is 5.56 Å². The number of nitrogens with zero attached hydrogens (tertiary/aromatic N) is 4. The minimum atomic E-state index is -0.624. The molecule has 0 aliphatic rings. The molecule has 120 valence electrons. The number of hydrogen-bond acceptors (Lipinski definition) is 5. The summed E-state index contributed by atoms with van der Waals surface area (Å²) in [6, 6.07) is 3.45. The Kier molecular flexibility index (Phi) is 6.66. The predicted octanol–water partition coefficient (Wildman–Crippen LogP) is 3.17. The summed E-state index contributed by atoms with van der Waals surface area (Å²) in [7, 11) is 7.70. The number of benzene rings is 1. The molecule has 0 spiro atoms. The minimum Gasteiger partial charge on any atom is -0.309 e. The first-order valence-electron chi connectivity index (χ1n) is 6.81. The third-order valence-corrected chi connectivity index (χ3v) is 5.22. The van der Waals surface area contributed by atoms with Crippen LogP contribution in [0, 0.1) is 11.6 Å². The first-order chi connectivity index (χ1) is 10.6. The molecule has 0 unspecified atom stereocenters. The lowest BCUT2D eigenvalue weighted by molar-refractivity contribution is 0.438. The summed E-state index contributed by atoms with van der Waals surface area (Å²) in [6.07, 6.45) is 1.68. The van der Waals surface area contributed by atoms with E-state index in [1.54, 1.807) is 21.7 Å². The second-order valence-corrected chi connectivity index (χ2v) is 7.64. The second kappa shape index (κ2) is 8.50. The number of halogens is 2. The first kappa shape index (κ1) is 17.2. The molecule has 0 fully saturated rings. The highest BCUT2D eigenvalue weighted by Gasteiger charge is 2.10. The van der Waals surface area contributed by atoms with Gasteiger partial charge >= 0.3 is 0 Å². The van der Waals surface area contributed by atoms with E-state index < -0.39 is 11.6 Å². The molecule has 8 heteroatoms. The number of rotatable bonds is 8. The Labute approximate surface area is 136 Å². The third-order valence-electron chi connectivity index (χ3n) is 2.85. The molecule has 0 saturated heterocycles. The van der Waals surface area contributed by atoms with Crippen LogP contribution in [0.15, 0.2) is 24.4 Å². The summed E-state index contributed by atoms with van der Waals surface area (Å²) in [4.78, 5) is 2.15. The van der Waals surface area contributed by atoms with E-state index in [0.717, 1.165) is 24.1 Å². The van der Waals surface area contributed by atoms with Crippen LogP contribution < -0.4 is 0 Å². The van der Waals surface area contributed by atoms with E-state index in [9.17, 15) is 8.78 Å². The van der Waals surface area contributed by atoms with Gasteiger partial charge in [-0.1, -0.05) is 26.8 Å². The van der Waals surface area contributed by atoms with Gasteiger partial charge in [-0.15, -0.1) is 5.10 Å².